The lowest BCUT2D eigenvalue weighted by Crippen LogP contribution is -2.16. The number of carbonyl (C=O) groups excluding carboxylic acids is 1. The Balaban J connectivity index is 3.24. The number of nitrogens with zero attached hydrogens (tertiary/aromatic N) is 1. The third-order valence-corrected chi connectivity index (χ3v) is 0.462. The molecule has 38 valence electrons. The second kappa shape index (κ2) is 3.32. The number of nitriles is 1. The van der Waals surface area contributed by atoms with Crippen molar-refractivity contribution in [2.45, 2.75) is 0 Å². The SMILES string of the molecule is CNCC(=O)C#N. The van der Waals surface area contributed by atoms with Gasteiger partial charge in [0.15, 0.2) is 0 Å². The summed E-state index contributed by atoms with van der Waals surface area (Å²) in [6, 6.07) is 1.46. The topological polar surface area (TPSA) is 52.9 Å². The summed E-state index contributed by atoms with van der Waals surface area (Å²) in [7, 11) is 1.62. The van der Waals surface area contributed by atoms with Gasteiger partial charge in [0.25, 0.3) is 0 Å². The summed E-state index contributed by atoms with van der Waals surface area (Å²) >= 11 is 0. The third-order valence-electron chi connectivity index (χ3n) is 0.462. The van der Waals surface area contributed by atoms with E-state index in [1.54, 1.807) is 7.05 Å². The largest absolute Gasteiger partial charge is 0.312 e. The van der Waals surface area contributed by atoms with Crippen LogP contribution in [0.4, 0.5) is 0 Å². The molecule has 0 amide bonds. The van der Waals surface area contributed by atoms with Crippen molar-refractivity contribution in [3.8, 4) is 6.07 Å². The van der Waals surface area contributed by atoms with Gasteiger partial charge in [0.05, 0.1) is 6.54 Å². The molecule has 0 aromatic carbocycles. The Kier molecular flexibility index (Phi) is 2.90. The van der Waals surface area contributed by atoms with E-state index in [0.29, 0.717) is 0 Å². The van der Waals surface area contributed by atoms with Crippen LogP contribution in [-0.4, -0.2) is 19.4 Å². The molecule has 0 aliphatic carbocycles. The summed E-state index contributed by atoms with van der Waals surface area (Å²) in [5.74, 6) is -0.428. The molecular formula is C4H6N2O. The Labute approximate surface area is 41.9 Å². The molecule has 0 aromatic heterocycles. The standard InChI is InChI=1S/C4H6N2O/c1-6-3-4(7)2-5/h6H,3H2,1H3. The van der Waals surface area contributed by atoms with E-state index < -0.39 is 5.78 Å². The molecule has 3 heteroatoms. The normalized spacial score (nSPS) is 7.43. The Bertz CT molecular complexity index is 103. The van der Waals surface area contributed by atoms with E-state index in [0.717, 1.165) is 0 Å². The van der Waals surface area contributed by atoms with E-state index in [9.17, 15) is 4.79 Å². The summed E-state index contributed by atoms with van der Waals surface area (Å²) in [5.41, 5.74) is 0. The Morgan fingerprint density at radius 1 is 2.00 bits per heavy atom. The van der Waals surface area contributed by atoms with Gasteiger partial charge in [-0.3, -0.25) is 4.79 Å². The van der Waals surface area contributed by atoms with Crippen LogP contribution >= 0.6 is 0 Å². The summed E-state index contributed by atoms with van der Waals surface area (Å²) in [6.45, 7) is 0.149. The van der Waals surface area contributed by atoms with Gasteiger partial charge in [0.2, 0.25) is 5.78 Å². The van der Waals surface area contributed by atoms with Gasteiger partial charge < -0.3 is 5.32 Å². The van der Waals surface area contributed by atoms with Crippen molar-refractivity contribution < 1.29 is 4.79 Å². The van der Waals surface area contributed by atoms with Crippen LogP contribution in [0.2, 0.25) is 0 Å². The molecule has 0 radical (unpaired) electrons. The molecule has 0 saturated carbocycles. The lowest BCUT2D eigenvalue weighted by Gasteiger charge is -1.82. The second-order valence-electron chi connectivity index (χ2n) is 1.07. The van der Waals surface area contributed by atoms with Gasteiger partial charge in [-0.05, 0) is 7.05 Å². The highest BCUT2D eigenvalue weighted by molar-refractivity contribution is 5.94. The quantitative estimate of drug-likeness (QED) is 0.464. The lowest BCUT2D eigenvalue weighted by molar-refractivity contribution is -0.113. The minimum absolute atomic E-state index is 0.149. The van der Waals surface area contributed by atoms with Crippen LogP contribution < -0.4 is 5.32 Å². The minimum atomic E-state index is -0.428. The third kappa shape index (κ3) is 2.94. The van der Waals surface area contributed by atoms with Gasteiger partial charge in [-0.25, -0.2) is 0 Å². The van der Waals surface area contributed by atoms with E-state index in [4.69, 9.17) is 5.26 Å². The number of hydrogen-bond acceptors (Lipinski definition) is 3. The van der Waals surface area contributed by atoms with Gasteiger partial charge in [0.1, 0.15) is 6.07 Å². The van der Waals surface area contributed by atoms with Crippen molar-refractivity contribution in [2.24, 2.45) is 0 Å². The fourth-order valence-corrected chi connectivity index (χ4v) is 0.200. The number of Topliss-reactive ketones (excluding diaryl/α,β-unsaturated/α-hetero) is 1. The first-order valence-electron chi connectivity index (χ1n) is 1.88. The van der Waals surface area contributed by atoms with Gasteiger partial charge in [-0.2, -0.15) is 5.26 Å². The van der Waals surface area contributed by atoms with E-state index in [1.807, 2.05) is 0 Å². The number of rotatable bonds is 2. The molecule has 7 heavy (non-hydrogen) atoms. The predicted molar refractivity (Wildman–Crippen MR) is 24.5 cm³/mol. The number of hydrogen-bond donors (Lipinski definition) is 1. The molecular weight excluding hydrogens is 92.1 g/mol. The first kappa shape index (κ1) is 6.12. The molecule has 0 rings (SSSR count). The van der Waals surface area contributed by atoms with Crippen LogP contribution in [0.3, 0.4) is 0 Å². The highest BCUT2D eigenvalue weighted by Gasteiger charge is 1.90. The highest BCUT2D eigenvalue weighted by Crippen LogP contribution is 1.58. The van der Waals surface area contributed by atoms with Crippen molar-refractivity contribution in [3.63, 3.8) is 0 Å². The maximum absolute atomic E-state index is 9.99. The van der Waals surface area contributed by atoms with Gasteiger partial charge in [-0.1, -0.05) is 0 Å². The summed E-state index contributed by atoms with van der Waals surface area (Å²) in [6.07, 6.45) is 0. The van der Waals surface area contributed by atoms with Crippen molar-refractivity contribution in [1.82, 2.24) is 5.32 Å². The minimum Gasteiger partial charge on any atom is -0.312 e. The average Bonchev–Trinajstić information content (AvgIpc) is 1.68. The summed E-state index contributed by atoms with van der Waals surface area (Å²) in [5, 5.41) is 10.4. The second-order valence-corrected chi connectivity index (χ2v) is 1.07. The Hall–Kier alpha value is -0.880. The van der Waals surface area contributed by atoms with E-state index in [2.05, 4.69) is 5.32 Å². The molecule has 0 fully saturated rings. The smallest absolute Gasteiger partial charge is 0.245 e. The number of likely N-dealkylation sites (N-methyl/N-ethyl adjacent to an activating group) is 1. The van der Waals surface area contributed by atoms with Crippen molar-refractivity contribution in [2.75, 3.05) is 13.6 Å². The van der Waals surface area contributed by atoms with Crippen LogP contribution in [-0.2, 0) is 4.79 Å². The van der Waals surface area contributed by atoms with E-state index in [-0.39, 0.29) is 6.54 Å². The van der Waals surface area contributed by atoms with E-state index in [1.165, 1.54) is 6.07 Å². The predicted octanol–water partition coefficient (Wildman–Crippen LogP) is -0.702. The zero-order valence-corrected chi connectivity index (χ0v) is 4.06. The fourth-order valence-electron chi connectivity index (χ4n) is 0.200. The maximum Gasteiger partial charge on any atom is 0.245 e. The van der Waals surface area contributed by atoms with Crippen LogP contribution in [0.25, 0.3) is 0 Å². The molecule has 0 aromatic rings. The Morgan fingerprint density at radius 2 is 2.57 bits per heavy atom. The van der Waals surface area contributed by atoms with E-state index >= 15 is 0 Å². The summed E-state index contributed by atoms with van der Waals surface area (Å²) in [4.78, 5) is 9.99. The molecule has 0 aliphatic rings. The zero-order chi connectivity index (χ0) is 5.70. The maximum atomic E-state index is 9.99. The summed E-state index contributed by atoms with van der Waals surface area (Å²) < 4.78 is 0. The first-order chi connectivity index (χ1) is 3.31. The molecule has 0 unspecified atom stereocenters. The zero-order valence-electron chi connectivity index (χ0n) is 4.06. The first-order valence-corrected chi connectivity index (χ1v) is 1.88. The monoisotopic (exact) mass is 98.0 g/mol. The number of carbonyl (C=O) groups is 1. The molecule has 0 saturated heterocycles. The molecule has 0 heterocycles. The van der Waals surface area contributed by atoms with Gasteiger partial charge in [0, 0.05) is 0 Å². The average molecular weight is 98.1 g/mol. The van der Waals surface area contributed by atoms with Crippen LogP contribution in [0.15, 0.2) is 0 Å². The fraction of sp³-hybridized carbons (Fsp3) is 0.500. The van der Waals surface area contributed by atoms with Crippen molar-refractivity contribution in [3.05, 3.63) is 0 Å². The number of ketones is 1. The lowest BCUT2D eigenvalue weighted by atomic mass is 10.4. The molecule has 0 bridgehead atoms. The molecule has 0 atom stereocenters. The Morgan fingerprint density at radius 3 is 2.71 bits per heavy atom. The van der Waals surface area contributed by atoms with Crippen LogP contribution in [0, 0.1) is 11.3 Å². The van der Waals surface area contributed by atoms with Gasteiger partial charge in [-0.15, -0.1) is 0 Å². The van der Waals surface area contributed by atoms with Crippen molar-refractivity contribution in [1.29, 1.82) is 5.26 Å². The molecule has 1 N–H and O–H groups in total. The number of nitrogens with one attached hydrogen (secondary N) is 1. The highest BCUT2D eigenvalue weighted by atomic mass is 16.1. The van der Waals surface area contributed by atoms with Crippen LogP contribution in [0.5, 0.6) is 0 Å². The molecule has 3 nitrogen and oxygen atoms in total. The van der Waals surface area contributed by atoms with Crippen LogP contribution in [0.1, 0.15) is 0 Å². The molecule has 0 spiro atoms. The van der Waals surface area contributed by atoms with Crippen molar-refractivity contribution >= 4 is 5.78 Å². The van der Waals surface area contributed by atoms with Gasteiger partial charge >= 0.3 is 0 Å². The molecule has 0 aliphatic heterocycles.